The number of thiazole rings is 1. The van der Waals surface area contributed by atoms with Crippen molar-refractivity contribution in [3.05, 3.63) is 10.4 Å². The minimum Gasteiger partial charge on any atom is -0.292 e. The smallest absolute Gasteiger partial charge is 0.292 e. The van der Waals surface area contributed by atoms with E-state index < -0.39 is 9.05 Å². The molecule has 0 aromatic carbocycles. The van der Waals surface area contributed by atoms with Gasteiger partial charge in [-0.25, -0.2) is 13.4 Å². The fourth-order valence-electron chi connectivity index (χ4n) is 1.75. The lowest BCUT2D eigenvalue weighted by atomic mass is 10.4. The summed E-state index contributed by atoms with van der Waals surface area (Å²) in [6.45, 7) is 1.88. The Morgan fingerprint density at radius 1 is 1.44 bits per heavy atom. The Hall–Kier alpha value is -0.990. The summed E-state index contributed by atoms with van der Waals surface area (Å²) in [7, 11) is 1.49. The van der Waals surface area contributed by atoms with Crippen LogP contribution >= 0.6 is 22.0 Å². The Kier molecular flexibility index (Phi) is 2.68. The van der Waals surface area contributed by atoms with Crippen molar-refractivity contribution in [2.75, 3.05) is 0 Å². The van der Waals surface area contributed by atoms with Crippen molar-refractivity contribution in [1.82, 2.24) is 19.7 Å². The predicted molar refractivity (Wildman–Crippen MR) is 67.2 cm³/mol. The number of hydrogen-bond acceptors (Lipinski definition) is 6. The van der Waals surface area contributed by atoms with E-state index in [1.165, 1.54) is 11.3 Å². The molecule has 1 fully saturated rings. The molecule has 1 aliphatic rings. The van der Waals surface area contributed by atoms with E-state index in [0.29, 0.717) is 11.5 Å². The molecule has 0 spiro atoms. The van der Waals surface area contributed by atoms with Crippen LogP contribution in [0.15, 0.2) is 10.5 Å². The lowest BCUT2D eigenvalue weighted by Gasteiger charge is -2.04. The topological polar surface area (TPSA) is 77.7 Å². The number of rotatable bonds is 3. The standard InChI is InChI=1S/C9H9ClN4O2S2/c1-5-11-7(4-17-5)8-12-13-9(18(10,15)16)14(8)6-2-3-6/h4,6H,2-3H2,1H3. The van der Waals surface area contributed by atoms with E-state index in [0.717, 1.165) is 17.8 Å². The fourth-order valence-corrected chi connectivity index (χ4v) is 3.26. The minimum atomic E-state index is -3.88. The molecule has 0 saturated heterocycles. The molecule has 0 amide bonds. The van der Waals surface area contributed by atoms with Gasteiger partial charge in [0.2, 0.25) is 0 Å². The van der Waals surface area contributed by atoms with Crippen molar-refractivity contribution in [3.63, 3.8) is 0 Å². The van der Waals surface area contributed by atoms with Crippen LogP contribution in [-0.4, -0.2) is 28.2 Å². The maximum Gasteiger partial charge on any atom is 0.296 e. The second kappa shape index (κ2) is 4.01. The average Bonchev–Trinajstić information content (AvgIpc) is 2.85. The number of nitrogens with zero attached hydrogens (tertiary/aromatic N) is 4. The molecule has 9 heteroatoms. The van der Waals surface area contributed by atoms with Crippen LogP contribution in [0, 0.1) is 6.92 Å². The third-order valence-electron chi connectivity index (χ3n) is 2.64. The monoisotopic (exact) mass is 304 g/mol. The second-order valence-electron chi connectivity index (χ2n) is 4.10. The Morgan fingerprint density at radius 3 is 2.67 bits per heavy atom. The Labute approximate surface area is 112 Å². The third kappa shape index (κ3) is 2.04. The quantitative estimate of drug-likeness (QED) is 0.810. The van der Waals surface area contributed by atoms with Gasteiger partial charge in [-0.05, 0) is 19.8 Å². The predicted octanol–water partition coefficient (Wildman–Crippen LogP) is 1.97. The van der Waals surface area contributed by atoms with E-state index in [1.807, 2.05) is 12.3 Å². The molecule has 3 rings (SSSR count). The summed E-state index contributed by atoms with van der Waals surface area (Å²) in [6, 6.07) is 0.112. The fraction of sp³-hybridized carbons (Fsp3) is 0.444. The van der Waals surface area contributed by atoms with E-state index >= 15 is 0 Å². The SMILES string of the molecule is Cc1nc(-c2nnc(S(=O)(=O)Cl)n2C2CC2)cs1. The van der Waals surface area contributed by atoms with Crippen LogP contribution in [0.4, 0.5) is 0 Å². The van der Waals surface area contributed by atoms with Crippen molar-refractivity contribution in [2.45, 2.75) is 31.0 Å². The highest BCUT2D eigenvalue weighted by Gasteiger charge is 2.34. The summed E-state index contributed by atoms with van der Waals surface area (Å²) in [5.41, 5.74) is 0.642. The maximum absolute atomic E-state index is 11.5. The van der Waals surface area contributed by atoms with Gasteiger partial charge in [-0.3, -0.25) is 4.57 Å². The number of halogens is 1. The van der Waals surface area contributed by atoms with Crippen molar-refractivity contribution < 1.29 is 8.42 Å². The van der Waals surface area contributed by atoms with Crippen LogP contribution in [0.1, 0.15) is 23.9 Å². The third-order valence-corrected chi connectivity index (χ3v) is 4.54. The molecular formula is C9H9ClN4O2S2. The molecule has 6 nitrogen and oxygen atoms in total. The van der Waals surface area contributed by atoms with E-state index in [-0.39, 0.29) is 11.2 Å². The Balaban J connectivity index is 2.19. The second-order valence-corrected chi connectivity index (χ2v) is 7.62. The Bertz CT molecular complexity index is 702. The van der Waals surface area contributed by atoms with Crippen LogP contribution in [0.3, 0.4) is 0 Å². The van der Waals surface area contributed by atoms with Gasteiger partial charge in [0.05, 0.1) is 5.01 Å². The molecule has 1 saturated carbocycles. The van der Waals surface area contributed by atoms with E-state index in [4.69, 9.17) is 10.7 Å². The first-order valence-electron chi connectivity index (χ1n) is 5.29. The number of hydrogen-bond donors (Lipinski definition) is 0. The zero-order valence-electron chi connectivity index (χ0n) is 9.37. The zero-order valence-corrected chi connectivity index (χ0v) is 11.8. The van der Waals surface area contributed by atoms with E-state index in [1.54, 1.807) is 4.57 Å². The molecule has 2 aromatic heterocycles. The van der Waals surface area contributed by atoms with Crippen LogP contribution in [-0.2, 0) is 9.05 Å². The number of aryl methyl sites for hydroxylation is 1. The van der Waals surface area contributed by atoms with Crippen molar-refractivity contribution in [2.24, 2.45) is 0 Å². The van der Waals surface area contributed by atoms with Crippen molar-refractivity contribution in [3.8, 4) is 11.5 Å². The molecule has 2 heterocycles. The van der Waals surface area contributed by atoms with E-state index in [9.17, 15) is 8.42 Å². The first kappa shape index (κ1) is 12.1. The molecule has 2 aromatic rings. The molecule has 18 heavy (non-hydrogen) atoms. The van der Waals surface area contributed by atoms with Gasteiger partial charge in [0.1, 0.15) is 5.69 Å². The first-order chi connectivity index (χ1) is 8.47. The van der Waals surface area contributed by atoms with Crippen molar-refractivity contribution >= 4 is 31.1 Å². The average molecular weight is 305 g/mol. The van der Waals surface area contributed by atoms with E-state index in [2.05, 4.69) is 15.2 Å². The molecule has 1 aliphatic carbocycles. The minimum absolute atomic E-state index is 0.112. The van der Waals surface area contributed by atoms with Gasteiger partial charge in [-0.1, -0.05) is 0 Å². The van der Waals surface area contributed by atoms with Gasteiger partial charge in [-0.15, -0.1) is 21.5 Å². The van der Waals surface area contributed by atoms with Crippen molar-refractivity contribution in [1.29, 1.82) is 0 Å². The molecule has 0 radical (unpaired) electrons. The largest absolute Gasteiger partial charge is 0.296 e. The zero-order chi connectivity index (χ0) is 12.9. The Morgan fingerprint density at radius 2 is 2.17 bits per heavy atom. The summed E-state index contributed by atoms with van der Waals surface area (Å²) >= 11 is 1.48. The summed E-state index contributed by atoms with van der Waals surface area (Å²) in [4.78, 5) is 4.30. The maximum atomic E-state index is 11.5. The molecule has 0 unspecified atom stereocenters. The van der Waals surface area contributed by atoms with Gasteiger partial charge in [0.25, 0.3) is 14.2 Å². The molecule has 0 N–H and O–H groups in total. The van der Waals surface area contributed by atoms with Crippen LogP contribution < -0.4 is 0 Å². The highest BCUT2D eigenvalue weighted by atomic mass is 35.7. The molecule has 0 atom stereocenters. The highest BCUT2D eigenvalue weighted by Crippen LogP contribution is 2.40. The molecular weight excluding hydrogens is 296 g/mol. The van der Waals surface area contributed by atoms with Crippen LogP contribution in [0.25, 0.3) is 11.5 Å². The summed E-state index contributed by atoms with van der Waals surface area (Å²) < 4.78 is 24.5. The lowest BCUT2D eigenvalue weighted by molar-refractivity contribution is 0.579. The highest BCUT2D eigenvalue weighted by molar-refractivity contribution is 8.13. The molecule has 0 aliphatic heterocycles. The van der Waals surface area contributed by atoms with Gasteiger partial charge < -0.3 is 0 Å². The first-order valence-corrected chi connectivity index (χ1v) is 8.48. The lowest BCUT2D eigenvalue weighted by Crippen LogP contribution is -2.06. The number of aromatic nitrogens is 4. The van der Waals surface area contributed by atoms with Crippen LogP contribution in [0.2, 0.25) is 0 Å². The van der Waals surface area contributed by atoms with Gasteiger partial charge >= 0.3 is 0 Å². The summed E-state index contributed by atoms with van der Waals surface area (Å²) in [5.74, 6) is 0.473. The summed E-state index contributed by atoms with van der Waals surface area (Å²) in [5, 5.41) is 10.2. The summed E-state index contributed by atoms with van der Waals surface area (Å²) in [6.07, 6.45) is 1.82. The normalized spacial score (nSPS) is 16.1. The van der Waals surface area contributed by atoms with Gasteiger partial charge in [0, 0.05) is 22.1 Å². The van der Waals surface area contributed by atoms with Crippen LogP contribution in [0.5, 0.6) is 0 Å². The van der Waals surface area contributed by atoms with Gasteiger partial charge in [-0.2, -0.15) is 0 Å². The van der Waals surface area contributed by atoms with Gasteiger partial charge in [0.15, 0.2) is 5.82 Å². The molecule has 96 valence electrons. The molecule has 0 bridgehead atoms.